The predicted octanol–water partition coefficient (Wildman–Crippen LogP) is 2.91. The number of benzene rings is 2. The van der Waals surface area contributed by atoms with Gasteiger partial charge in [0.05, 0.1) is 0 Å². The van der Waals surface area contributed by atoms with Crippen molar-refractivity contribution in [1.82, 2.24) is 0 Å². The lowest BCUT2D eigenvalue weighted by atomic mass is 10.2. The first kappa shape index (κ1) is 13.0. The van der Waals surface area contributed by atoms with Crippen molar-refractivity contribution in [1.29, 1.82) is 0 Å². The summed E-state index contributed by atoms with van der Waals surface area (Å²) in [7, 11) is 3.81. The number of nitrogens with zero attached hydrogens (tertiary/aromatic N) is 2. The maximum absolute atomic E-state index is 9.91. The average Bonchev–Trinajstić information content (AvgIpc) is 2.39. The monoisotopic (exact) mass is 256 g/mol. The van der Waals surface area contributed by atoms with Gasteiger partial charge in [-0.25, -0.2) is 0 Å². The Morgan fingerprint density at radius 3 is 2.37 bits per heavy atom. The fourth-order valence-electron chi connectivity index (χ4n) is 1.63. The normalized spacial score (nSPS) is 10.8. The molecule has 2 rings (SSSR count). The topological polar surface area (TPSA) is 56.1 Å². The first-order valence-corrected chi connectivity index (χ1v) is 5.90. The van der Waals surface area contributed by atoms with Crippen LogP contribution in [0.4, 0.5) is 11.4 Å². The van der Waals surface area contributed by atoms with Gasteiger partial charge in [-0.3, -0.25) is 4.99 Å². The molecule has 2 N–H and O–H groups in total. The second-order valence-corrected chi connectivity index (χ2v) is 4.38. The van der Waals surface area contributed by atoms with Crippen molar-refractivity contribution in [3.8, 4) is 11.5 Å². The summed E-state index contributed by atoms with van der Waals surface area (Å²) in [4.78, 5) is 6.07. The Morgan fingerprint density at radius 2 is 1.74 bits per heavy atom. The molecule has 4 heteroatoms. The molecule has 2 aromatic carbocycles. The summed E-state index contributed by atoms with van der Waals surface area (Å²) in [6, 6.07) is 12.2. The zero-order valence-corrected chi connectivity index (χ0v) is 10.9. The standard InChI is InChI=1S/C15H16N2O2/c1-17(2)12-8-7-11(15(19)9-12)10-16-13-5-3-4-6-14(13)18/h3-10,18-19H,1-2H3. The van der Waals surface area contributed by atoms with Gasteiger partial charge in [0.1, 0.15) is 17.2 Å². The molecule has 0 bridgehead atoms. The van der Waals surface area contributed by atoms with Crippen molar-refractivity contribution >= 4 is 17.6 Å². The van der Waals surface area contributed by atoms with Crippen molar-refractivity contribution in [2.24, 2.45) is 4.99 Å². The van der Waals surface area contributed by atoms with Crippen LogP contribution < -0.4 is 4.90 Å². The summed E-state index contributed by atoms with van der Waals surface area (Å²) in [6.07, 6.45) is 1.53. The first-order chi connectivity index (χ1) is 9.08. The van der Waals surface area contributed by atoms with Gasteiger partial charge in [-0.1, -0.05) is 12.1 Å². The molecule has 0 aliphatic rings. The van der Waals surface area contributed by atoms with Crippen LogP contribution in [0.15, 0.2) is 47.5 Å². The van der Waals surface area contributed by atoms with E-state index in [1.165, 1.54) is 6.21 Å². The second kappa shape index (κ2) is 5.44. The molecule has 0 amide bonds. The van der Waals surface area contributed by atoms with E-state index < -0.39 is 0 Å². The van der Waals surface area contributed by atoms with Crippen molar-refractivity contribution < 1.29 is 10.2 Å². The molecule has 0 fully saturated rings. The highest BCUT2D eigenvalue weighted by molar-refractivity contribution is 5.86. The number of para-hydroxylation sites is 2. The fourth-order valence-corrected chi connectivity index (χ4v) is 1.63. The molecule has 0 aliphatic heterocycles. The Morgan fingerprint density at radius 1 is 1.00 bits per heavy atom. The van der Waals surface area contributed by atoms with Gasteiger partial charge in [0.2, 0.25) is 0 Å². The number of aliphatic imine (C=N–C) groups is 1. The van der Waals surface area contributed by atoms with E-state index in [0.29, 0.717) is 11.3 Å². The van der Waals surface area contributed by atoms with Crippen LogP contribution in [0.25, 0.3) is 0 Å². The van der Waals surface area contributed by atoms with Crippen LogP contribution >= 0.6 is 0 Å². The molecule has 98 valence electrons. The summed E-state index contributed by atoms with van der Waals surface area (Å²) >= 11 is 0. The highest BCUT2D eigenvalue weighted by Gasteiger charge is 2.02. The number of aromatic hydroxyl groups is 2. The number of rotatable bonds is 3. The average molecular weight is 256 g/mol. The van der Waals surface area contributed by atoms with Crippen molar-refractivity contribution in [2.75, 3.05) is 19.0 Å². The Labute approximate surface area is 112 Å². The Balaban J connectivity index is 2.27. The Hall–Kier alpha value is -2.49. The van der Waals surface area contributed by atoms with E-state index in [1.807, 2.05) is 25.1 Å². The minimum Gasteiger partial charge on any atom is -0.507 e. The van der Waals surface area contributed by atoms with E-state index in [9.17, 15) is 10.2 Å². The SMILES string of the molecule is CN(C)c1ccc(C=Nc2ccccc2O)c(O)c1. The quantitative estimate of drug-likeness (QED) is 0.830. The third-order valence-corrected chi connectivity index (χ3v) is 2.75. The number of phenols is 2. The minimum atomic E-state index is 0.114. The van der Waals surface area contributed by atoms with Crippen molar-refractivity contribution in [3.05, 3.63) is 48.0 Å². The highest BCUT2D eigenvalue weighted by atomic mass is 16.3. The molecule has 0 saturated heterocycles. The predicted molar refractivity (Wildman–Crippen MR) is 77.8 cm³/mol. The van der Waals surface area contributed by atoms with Crippen LogP contribution in [0.2, 0.25) is 0 Å². The zero-order chi connectivity index (χ0) is 13.8. The molecule has 0 atom stereocenters. The van der Waals surface area contributed by atoms with Crippen LogP contribution in [-0.4, -0.2) is 30.5 Å². The lowest BCUT2D eigenvalue weighted by Crippen LogP contribution is -2.08. The number of hydrogen-bond acceptors (Lipinski definition) is 4. The third kappa shape index (κ3) is 3.04. The van der Waals surface area contributed by atoms with E-state index in [4.69, 9.17) is 0 Å². The van der Waals surface area contributed by atoms with Crippen LogP contribution in [-0.2, 0) is 0 Å². The number of anilines is 1. The number of phenolic OH excluding ortho intramolecular Hbond substituents is 2. The highest BCUT2D eigenvalue weighted by Crippen LogP contribution is 2.26. The summed E-state index contributed by atoms with van der Waals surface area (Å²) < 4.78 is 0. The van der Waals surface area contributed by atoms with Gasteiger partial charge in [0.25, 0.3) is 0 Å². The Kier molecular flexibility index (Phi) is 3.71. The fraction of sp³-hybridized carbons (Fsp3) is 0.133. The molecule has 0 radical (unpaired) electrons. The van der Waals surface area contributed by atoms with Crippen LogP contribution in [0.5, 0.6) is 11.5 Å². The van der Waals surface area contributed by atoms with Gasteiger partial charge in [-0.2, -0.15) is 0 Å². The Bertz CT molecular complexity index is 607. The summed E-state index contributed by atoms with van der Waals surface area (Å²) in [5.74, 6) is 0.272. The molecular weight excluding hydrogens is 240 g/mol. The summed E-state index contributed by atoms with van der Waals surface area (Å²) in [5, 5.41) is 19.5. The summed E-state index contributed by atoms with van der Waals surface area (Å²) in [5.41, 5.74) is 1.99. The molecular formula is C15H16N2O2. The van der Waals surface area contributed by atoms with Gasteiger partial charge in [0.15, 0.2) is 0 Å². The van der Waals surface area contributed by atoms with Crippen LogP contribution in [0.3, 0.4) is 0 Å². The van der Waals surface area contributed by atoms with Gasteiger partial charge >= 0.3 is 0 Å². The maximum Gasteiger partial charge on any atom is 0.141 e. The van der Waals surface area contributed by atoms with Gasteiger partial charge < -0.3 is 15.1 Å². The third-order valence-electron chi connectivity index (χ3n) is 2.75. The van der Waals surface area contributed by atoms with E-state index in [2.05, 4.69) is 4.99 Å². The van der Waals surface area contributed by atoms with Crippen molar-refractivity contribution in [2.45, 2.75) is 0 Å². The molecule has 19 heavy (non-hydrogen) atoms. The van der Waals surface area contributed by atoms with Crippen LogP contribution in [0.1, 0.15) is 5.56 Å². The van der Waals surface area contributed by atoms with Gasteiger partial charge in [-0.15, -0.1) is 0 Å². The molecule has 0 unspecified atom stereocenters. The molecule has 0 saturated carbocycles. The van der Waals surface area contributed by atoms with E-state index in [-0.39, 0.29) is 11.5 Å². The second-order valence-electron chi connectivity index (χ2n) is 4.38. The molecule has 0 aromatic heterocycles. The van der Waals surface area contributed by atoms with E-state index >= 15 is 0 Å². The first-order valence-electron chi connectivity index (χ1n) is 5.90. The lowest BCUT2D eigenvalue weighted by molar-refractivity contribution is 0.474. The molecule has 0 aliphatic carbocycles. The lowest BCUT2D eigenvalue weighted by Gasteiger charge is -2.13. The van der Waals surface area contributed by atoms with E-state index in [0.717, 1.165) is 5.69 Å². The van der Waals surface area contributed by atoms with Gasteiger partial charge in [0, 0.05) is 37.6 Å². The smallest absolute Gasteiger partial charge is 0.141 e. The van der Waals surface area contributed by atoms with E-state index in [1.54, 1.807) is 36.4 Å². The number of hydrogen-bond donors (Lipinski definition) is 2. The maximum atomic E-state index is 9.91. The largest absolute Gasteiger partial charge is 0.507 e. The molecule has 0 heterocycles. The molecule has 2 aromatic rings. The summed E-state index contributed by atoms with van der Waals surface area (Å²) in [6.45, 7) is 0. The van der Waals surface area contributed by atoms with Crippen molar-refractivity contribution in [3.63, 3.8) is 0 Å². The molecule has 0 spiro atoms. The molecule has 4 nitrogen and oxygen atoms in total. The minimum absolute atomic E-state index is 0.114. The zero-order valence-electron chi connectivity index (χ0n) is 10.9. The van der Waals surface area contributed by atoms with Crippen LogP contribution in [0, 0.1) is 0 Å². The van der Waals surface area contributed by atoms with Gasteiger partial charge in [-0.05, 0) is 24.3 Å².